The van der Waals surface area contributed by atoms with Gasteiger partial charge in [0, 0.05) is 76.6 Å². The van der Waals surface area contributed by atoms with Crippen molar-refractivity contribution in [2.24, 2.45) is 23.7 Å². The maximum Gasteiger partial charge on any atom is 0.330 e. The lowest BCUT2D eigenvalue weighted by molar-refractivity contribution is -0.149. The van der Waals surface area contributed by atoms with Crippen LogP contribution in [0.15, 0.2) is 25.3 Å². The summed E-state index contributed by atoms with van der Waals surface area (Å²) in [5.74, 6) is 0.705. The van der Waals surface area contributed by atoms with Gasteiger partial charge < -0.3 is 48.5 Å². The zero-order valence-electron chi connectivity index (χ0n) is 77.4. The van der Waals surface area contributed by atoms with E-state index in [1.54, 1.807) is 0 Å². The number of nitrogens with one attached hydrogen (secondary N) is 2. The van der Waals surface area contributed by atoms with Crippen molar-refractivity contribution < 1.29 is 85.8 Å². The zero-order chi connectivity index (χ0) is 87.7. The second-order valence-corrected chi connectivity index (χ2v) is 34.1. The molecular formula is C100H180N2O18. The molecule has 0 fully saturated rings. The highest BCUT2D eigenvalue weighted by Crippen LogP contribution is 2.36. The molecule has 20 heteroatoms. The molecule has 2 N–H and O–H groups in total. The smallest absolute Gasteiger partial charge is 0.330 e. The quantitative estimate of drug-likeness (QED) is 0.0248. The summed E-state index contributed by atoms with van der Waals surface area (Å²) in [6, 6.07) is 0. The van der Waals surface area contributed by atoms with Gasteiger partial charge in [0.25, 0.3) is 0 Å². The fraction of sp³-hybridized carbons (Fsp3) is 0.860. The van der Waals surface area contributed by atoms with Gasteiger partial charge in [-0.25, -0.2) is 9.59 Å². The highest BCUT2D eigenvalue weighted by Gasteiger charge is 2.24. The van der Waals surface area contributed by atoms with Crippen LogP contribution in [0.3, 0.4) is 0 Å². The van der Waals surface area contributed by atoms with E-state index < -0.39 is 11.9 Å². The minimum atomic E-state index is -0.559. The molecule has 0 saturated heterocycles. The maximum atomic E-state index is 12.9. The first kappa shape index (κ1) is 114. The highest BCUT2D eigenvalue weighted by molar-refractivity contribution is 5.81. The van der Waals surface area contributed by atoms with E-state index in [9.17, 15) is 47.9 Å². The van der Waals surface area contributed by atoms with Crippen LogP contribution in [0.5, 0.6) is 0 Å². The number of carbonyl (C=O) groups excluding carboxylic acids is 10. The van der Waals surface area contributed by atoms with Gasteiger partial charge in [-0.3, -0.25) is 38.4 Å². The molecule has 0 heterocycles. The number of esters is 8. The number of hydrogen-bond donors (Lipinski definition) is 2. The molecule has 0 bridgehead atoms. The van der Waals surface area contributed by atoms with E-state index in [1.807, 2.05) is 0 Å². The Balaban J connectivity index is 4.66. The van der Waals surface area contributed by atoms with Crippen LogP contribution in [0.4, 0.5) is 0 Å². The molecule has 0 aliphatic carbocycles. The summed E-state index contributed by atoms with van der Waals surface area (Å²) in [5.41, 5.74) is 0. The van der Waals surface area contributed by atoms with Crippen LogP contribution in [0, 0.1) is 23.7 Å². The molecule has 698 valence electrons. The Kier molecular flexibility index (Phi) is 85.1. The lowest BCUT2D eigenvalue weighted by Gasteiger charge is -2.28. The maximum absolute atomic E-state index is 12.9. The van der Waals surface area contributed by atoms with E-state index >= 15 is 0 Å². The Hall–Kier alpha value is -5.82. The van der Waals surface area contributed by atoms with E-state index in [-0.39, 0.29) is 86.9 Å². The van der Waals surface area contributed by atoms with Crippen molar-refractivity contribution in [2.45, 2.75) is 464 Å². The Morgan fingerprint density at radius 1 is 0.208 bits per heavy atom. The van der Waals surface area contributed by atoms with Crippen LogP contribution >= 0.6 is 0 Å². The largest absolute Gasteiger partial charge is 0.466 e. The first-order valence-electron chi connectivity index (χ1n) is 49.7. The van der Waals surface area contributed by atoms with Gasteiger partial charge in [-0.1, -0.05) is 323 Å². The topological polar surface area (TPSA) is 269 Å². The Labute approximate surface area is 731 Å². The average molecular weight is 1700 g/mol. The third-order valence-corrected chi connectivity index (χ3v) is 23.4. The van der Waals surface area contributed by atoms with Gasteiger partial charge in [-0.05, 0) is 126 Å². The molecule has 0 aliphatic heterocycles. The summed E-state index contributed by atoms with van der Waals surface area (Å²) in [6.07, 6.45) is 73.0. The number of carbonyl (C=O) groups is 10. The number of hydrogen-bond acceptors (Lipinski definition) is 18. The molecule has 0 saturated carbocycles. The summed E-state index contributed by atoms with van der Waals surface area (Å²) in [7, 11) is 0. The van der Waals surface area contributed by atoms with Gasteiger partial charge in [0.05, 0.1) is 26.4 Å². The van der Waals surface area contributed by atoms with Crippen molar-refractivity contribution in [3.05, 3.63) is 25.3 Å². The van der Waals surface area contributed by atoms with Crippen molar-refractivity contribution in [3.63, 3.8) is 0 Å². The Morgan fingerprint density at radius 3 is 0.583 bits per heavy atom. The molecule has 0 aromatic rings. The summed E-state index contributed by atoms with van der Waals surface area (Å²) in [5, 5.41) is 6.11. The Bertz CT molecular complexity index is 2330. The first-order valence-corrected chi connectivity index (χ1v) is 49.7. The van der Waals surface area contributed by atoms with E-state index in [2.05, 4.69) is 51.5 Å². The van der Waals surface area contributed by atoms with Crippen LogP contribution in [0.2, 0.25) is 0 Å². The average Bonchev–Trinajstić information content (AvgIpc) is 0.917. The first-order chi connectivity index (χ1) is 58.6. The van der Waals surface area contributed by atoms with Crippen molar-refractivity contribution >= 4 is 59.6 Å². The molecule has 0 rings (SSSR count). The van der Waals surface area contributed by atoms with Gasteiger partial charge in [0.1, 0.15) is 26.4 Å². The third kappa shape index (κ3) is 80.6. The molecule has 4 atom stereocenters. The van der Waals surface area contributed by atoms with Crippen LogP contribution in [-0.2, 0) is 85.8 Å². The van der Waals surface area contributed by atoms with Gasteiger partial charge in [-0.15, -0.1) is 0 Å². The predicted octanol–water partition coefficient (Wildman–Crippen LogP) is 25.0. The van der Waals surface area contributed by atoms with Crippen LogP contribution in [-0.4, -0.2) is 126 Å². The van der Waals surface area contributed by atoms with E-state index in [4.69, 9.17) is 37.9 Å². The second-order valence-electron chi connectivity index (χ2n) is 34.1. The van der Waals surface area contributed by atoms with Crippen molar-refractivity contribution in [3.8, 4) is 0 Å². The second kappa shape index (κ2) is 89.5. The van der Waals surface area contributed by atoms with E-state index in [0.717, 1.165) is 139 Å². The Morgan fingerprint density at radius 2 is 0.375 bits per heavy atom. The lowest BCUT2D eigenvalue weighted by atomic mass is 9.78. The fourth-order valence-corrected chi connectivity index (χ4v) is 16.0. The summed E-state index contributed by atoms with van der Waals surface area (Å²) >= 11 is 0. The zero-order valence-corrected chi connectivity index (χ0v) is 77.4. The minimum absolute atomic E-state index is 0.00540. The van der Waals surface area contributed by atoms with Gasteiger partial charge in [0.2, 0.25) is 11.8 Å². The summed E-state index contributed by atoms with van der Waals surface area (Å²) in [6.45, 7) is 18.1. The van der Waals surface area contributed by atoms with E-state index in [1.165, 1.54) is 244 Å². The minimum Gasteiger partial charge on any atom is -0.466 e. The van der Waals surface area contributed by atoms with Crippen molar-refractivity contribution in [2.75, 3.05) is 65.9 Å². The highest BCUT2D eigenvalue weighted by atomic mass is 16.6. The molecule has 0 radical (unpaired) electrons. The van der Waals surface area contributed by atoms with Crippen LogP contribution in [0.1, 0.15) is 464 Å². The molecule has 0 aromatic carbocycles. The van der Waals surface area contributed by atoms with Gasteiger partial charge in [0.15, 0.2) is 0 Å². The molecule has 4 unspecified atom stereocenters. The monoisotopic (exact) mass is 1700 g/mol. The third-order valence-electron chi connectivity index (χ3n) is 23.4. The van der Waals surface area contributed by atoms with E-state index in [0.29, 0.717) is 117 Å². The normalized spacial score (nSPS) is 12.2. The molecule has 120 heavy (non-hydrogen) atoms. The fourth-order valence-electron chi connectivity index (χ4n) is 16.0. The molecule has 20 nitrogen and oxygen atoms in total. The van der Waals surface area contributed by atoms with Crippen LogP contribution < -0.4 is 10.6 Å². The number of rotatable bonds is 93. The van der Waals surface area contributed by atoms with Crippen molar-refractivity contribution in [1.82, 2.24) is 10.6 Å². The lowest BCUT2D eigenvalue weighted by Crippen LogP contribution is -2.34. The molecule has 2 amide bonds. The van der Waals surface area contributed by atoms with Gasteiger partial charge >= 0.3 is 47.8 Å². The number of ether oxygens (including phenoxy) is 8. The standard InChI is InChI=1S/C100H180N2O18/c1-7-13-17-25-41-61-87(89(63-43-27-19-15-9-3)67-47-31-23-35-51-71-95(107)113-79-57-37-53-73-97(109)115-81-59-39-55-75-99(111)119-85-83-117-93(105)11-5)65-45-29-21-33-49-69-91(103)101-77-78-102-92(104)70-50-34-22-30-46-66-88(62-42-26-18-14-8-2)90(64-44-28-20-16-10-4)68-48-32-24-36-52-72-96(108)114-80-58-38-54-74-98(110)116-82-60-40-56-76-100(112)120-86-84-118-94(106)12-6/h11-12,87-90H,5-10,13-86H2,1-4H3,(H,101,103)(H,102,104). The summed E-state index contributed by atoms with van der Waals surface area (Å²) < 4.78 is 41.3. The van der Waals surface area contributed by atoms with Crippen molar-refractivity contribution in [1.29, 1.82) is 0 Å². The molecule has 0 aliphatic rings. The molecule has 0 aromatic heterocycles. The molecular weight excluding hydrogens is 1520 g/mol. The number of unbranched alkanes of at least 4 members (excludes halogenated alkanes) is 40. The predicted molar refractivity (Wildman–Crippen MR) is 485 cm³/mol. The molecule has 0 spiro atoms. The SMILES string of the molecule is C=CC(=O)OCCOC(=O)CCCCCOC(=O)CCCCCOC(=O)CCCCCCCC(CCCCCCC)C(CCCCCCC)CCCCCCCC(=O)NCCNC(=O)CCCCCCCC(CCCCCCC)C(CCCCCCC)CCCCCCCC(=O)OCCCCCC(=O)OCCCCCC(=O)OCCOC(=O)C=C. The van der Waals surface area contributed by atoms with Crippen LogP contribution in [0.25, 0.3) is 0 Å². The van der Waals surface area contributed by atoms with Gasteiger partial charge in [-0.2, -0.15) is 0 Å². The summed E-state index contributed by atoms with van der Waals surface area (Å²) in [4.78, 5) is 121. The number of amides is 2.